The molecule has 0 unspecified atom stereocenters. The molecule has 1 amide bonds. The lowest BCUT2D eigenvalue weighted by Gasteiger charge is -2.32. The molecule has 1 fully saturated rings. The number of benzene rings is 2. The average Bonchev–Trinajstić information content (AvgIpc) is 3.72. The minimum absolute atomic E-state index is 0.274. The molecule has 2 heterocycles. The van der Waals surface area contributed by atoms with Gasteiger partial charge in [-0.2, -0.15) is 0 Å². The molecule has 1 aliphatic heterocycles. The Morgan fingerprint density at radius 1 is 0.972 bits per heavy atom. The summed E-state index contributed by atoms with van der Waals surface area (Å²) in [7, 11) is 1.37. The summed E-state index contributed by atoms with van der Waals surface area (Å²) >= 11 is 0. The van der Waals surface area contributed by atoms with E-state index in [1.54, 1.807) is 4.90 Å². The molecule has 0 atom stereocenters. The second-order valence-corrected chi connectivity index (χ2v) is 10.6. The van der Waals surface area contributed by atoms with Crippen molar-refractivity contribution in [2.24, 2.45) is 0 Å². The number of ether oxygens (including phenoxy) is 2. The normalized spacial score (nSPS) is 15.3. The van der Waals surface area contributed by atoms with Gasteiger partial charge in [0.1, 0.15) is 5.60 Å². The summed E-state index contributed by atoms with van der Waals surface area (Å²) in [5.74, 6) is 0.190. The Morgan fingerprint density at radius 3 is 2.36 bits per heavy atom. The number of esters is 1. The van der Waals surface area contributed by atoms with Gasteiger partial charge in [0.15, 0.2) is 5.69 Å². The molecule has 186 valence electrons. The van der Waals surface area contributed by atoms with Crippen molar-refractivity contribution >= 4 is 17.7 Å². The van der Waals surface area contributed by atoms with E-state index in [4.69, 9.17) is 14.5 Å². The number of aryl methyl sites for hydroxylation is 1. The van der Waals surface area contributed by atoms with E-state index < -0.39 is 11.6 Å². The van der Waals surface area contributed by atoms with Crippen LogP contribution in [0.1, 0.15) is 67.6 Å². The molecule has 1 saturated carbocycles. The fraction of sp³-hybridized carbons (Fsp3) is 0.367. The Balaban J connectivity index is 1.51. The first-order valence-corrected chi connectivity index (χ1v) is 12.6. The second-order valence-electron chi connectivity index (χ2n) is 10.6. The van der Waals surface area contributed by atoms with E-state index in [1.165, 1.54) is 25.5 Å². The number of rotatable bonds is 4. The van der Waals surface area contributed by atoms with E-state index >= 15 is 0 Å². The third kappa shape index (κ3) is 4.99. The van der Waals surface area contributed by atoms with E-state index in [9.17, 15) is 9.59 Å². The average molecular weight is 485 g/mol. The van der Waals surface area contributed by atoms with Gasteiger partial charge in [-0.05, 0) is 87.3 Å². The number of fused-ring (bicyclic) bond motifs is 1. The van der Waals surface area contributed by atoms with Crippen molar-refractivity contribution < 1.29 is 19.1 Å². The highest BCUT2D eigenvalue weighted by Crippen LogP contribution is 2.41. The Morgan fingerprint density at radius 2 is 1.69 bits per heavy atom. The van der Waals surface area contributed by atoms with E-state index in [0.717, 1.165) is 40.8 Å². The second kappa shape index (κ2) is 9.41. The van der Waals surface area contributed by atoms with Crippen LogP contribution in [-0.4, -0.2) is 36.3 Å². The number of pyridine rings is 1. The summed E-state index contributed by atoms with van der Waals surface area (Å²) in [5.41, 5.74) is 6.10. The van der Waals surface area contributed by atoms with Crippen LogP contribution < -0.4 is 4.90 Å². The number of hydrogen-bond donors (Lipinski definition) is 0. The molecule has 6 heteroatoms. The van der Waals surface area contributed by atoms with E-state index in [1.807, 2.05) is 63.2 Å². The maximum atomic E-state index is 12.9. The number of aromatic nitrogens is 1. The standard InChI is InChI=1S/C30H32N2O4/c1-30(2,3)36-29(34)32-17-5-6-22-13-14-23(18-26(22)32)25-16-15-24(27(31-25)28(33)35-4)21-11-9-20(10-12-21)19-7-8-19/h9-16,18-19H,5-8,17H2,1-4H3. The van der Waals surface area contributed by atoms with Crippen LogP contribution in [0.2, 0.25) is 0 Å². The predicted molar refractivity (Wildman–Crippen MR) is 140 cm³/mol. The van der Waals surface area contributed by atoms with Crippen LogP contribution in [0.25, 0.3) is 22.4 Å². The first-order chi connectivity index (χ1) is 17.2. The molecule has 0 spiro atoms. The molecule has 6 nitrogen and oxygen atoms in total. The number of nitrogens with zero attached hydrogens (tertiary/aromatic N) is 2. The van der Waals surface area contributed by atoms with Crippen molar-refractivity contribution in [3.05, 3.63) is 71.4 Å². The molecule has 3 aromatic rings. The summed E-state index contributed by atoms with van der Waals surface area (Å²) < 4.78 is 10.7. The minimum Gasteiger partial charge on any atom is -0.464 e. The highest BCUT2D eigenvalue weighted by atomic mass is 16.6. The zero-order chi connectivity index (χ0) is 25.4. The minimum atomic E-state index is -0.573. The van der Waals surface area contributed by atoms with Gasteiger partial charge in [0.25, 0.3) is 0 Å². The molecule has 1 aromatic heterocycles. The first-order valence-electron chi connectivity index (χ1n) is 12.6. The Labute approximate surface area is 212 Å². The summed E-state index contributed by atoms with van der Waals surface area (Å²) in [6.45, 7) is 6.20. The van der Waals surface area contributed by atoms with Gasteiger partial charge in [0.2, 0.25) is 0 Å². The molecular weight excluding hydrogens is 452 g/mol. The van der Waals surface area contributed by atoms with Crippen LogP contribution in [0.15, 0.2) is 54.6 Å². The SMILES string of the molecule is COC(=O)c1nc(-c2ccc3c(c2)N(C(=O)OC(C)(C)C)CCC3)ccc1-c1ccc(C2CC2)cc1. The maximum absolute atomic E-state index is 12.9. The van der Waals surface area contributed by atoms with Crippen molar-refractivity contribution in [3.63, 3.8) is 0 Å². The fourth-order valence-electron chi connectivity index (χ4n) is 4.70. The lowest BCUT2D eigenvalue weighted by Crippen LogP contribution is -2.39. The summed E-state index contributed by atoms with van der Waals surface area (Å²) in [6.07, 6.45) is 3.91. The van der Waals surface area contributed by atoms with Gasteiger partial charge in [-0.15, -0.1) is 0 Å². The van der Waals surface area contributed by atoms with Crippen molar-refractivity contribution in [3.8, 4) is 22.4 Å². The lowest BCUT2D eigenvalue weighted by atomic mass is 9.97. The lowest BCUT2D eigenvalue weighted by molar-refractivity contribution is 0.0573. The Kier molecular flexibility index (Phi) is 6.29. The number of carbonyl (C=O) groups is 2. The Bertz CT molecular complexity index is 1300. The molecule has 0 bridgehead atoms. The van der Waals surface area contributed by atoms with Crippen LogP contribution in [0.4, 0.5) is 10.5 Å². The molecule has 0 saturated heterocycles. The van der Waals surface area contributed by atoms with Crippen molar-refractivity contribution in [2.75, 3.05) is 18.6 Å². The highest BCUT2D eigenvalue weighted by molar-refractivity contribution is 5.96. The summed E-state index contributed by atoms with van der Waals surface area (Å²) in [6, 6.07) is 18.2. The Hall–Kier alpha value is -3.67. The zero-order valence-electron chi connectivity index (χ0n) is 21.3. The monoisotopic (exact) mass is 484 g/mol. The summed E-state index contributed by atoms with van der Waals surface area (Å²) in [5, 5.41) is 0. The van der Waals surface area contributed by atoms with Crippen molar-refractivity contribution in [1.29, 1.82) is 0 Å². The van der Waals surface area contributed by atoms with Gasteiger partial charge >= 0.3 is 12.1 Å². The topological polar surface area (TPSA) is 68.7 Å². The number of amides is 1. The van der Waals surface area contributed by atoms with Gasteiger partial charge in [0.05, 0.1) is 18.5 Å². The third-order valence-electron chi connectivity index (χ3n) is 6.66. The quantitative estimate of drug-likeness (QED) is 0.382. The van der Waals surface area contributed by atoms with Crippen molar-refractivity contribution in [2.45, 2.75) is 58.0 Å². The number of hydrogen-bond acceptors (Lipinski definition) is 5. The fourth-order valence-corrected chi connectivity index (χ4v) is 4.70. The summed E-state index contributed by atoms with van der Waals surface area (Å²) in [4.78, 5) is 32.1. The number of anilines is 1. The van der Waals surface area contributed by atoms with Gasteiger partial charge in [-0.25, -0.2) is 14.6 Å². The number of carbonyl (C=O) groups excluding carboxylic acids is 2. The van der Waals surface area contributed by atoms with E-state index in [2.05, 4.69) is 12.1 Å². The van der Waals surface area contributed by atoms with Crippen LogP contribution in [0.5, 0.6) is 0 Å². The molecule has 2 aromatic carbocycles. The molecule has 36 heavy (non-hydrogen) atoms. The molecule has 0 radical (unpaired) electrons. The van der Waals surface area contributed by atoms with E-state index in [0.29, 0.717) is 18.2 Å². The van der Waals surface area contributed by atoms with Crippen LogP contribution in [0, 0.1) is 0 Å². The van der Waals surface area contributed by atoms with Gasteiger partial charge < -0.3 is 9.47 Å². The smallest absolute Gasteiger partial charge is 0.414 e. The molecular formula is C30H32N2O4. The molecule has 5 rings (SSSR count). The largest absolute Gasteiger partial charge is 0.464 e. The van der Waals surface area contributed by atoms with Crippen LogP contribution >= 0.6 is 0 Å². The third-order valence-corrected chi connectivity index (χ3v) is 6.66. The molecule has 2 aliphatic rings. The van der Waals surface area contributed by atoms with Crippen molar-refractivity contribution in [1.82, 2.24) is 4.98 Å². The van der Waals surface area contributed by atoms with Gasteiger partial charge in [-0.1, -0.05) is 36.4 Å². The van der Waals surface area contributed by atoms with E-state index in [-0.39, 0.29) is 11.8 Å². The van der Waals surface area contributed by atoms with Crippen LogP contribution in [0.3, 0.4) is 0 Å². The molecule has 0 N–H and O–H groups in total. The highest BCUT2D eigenvalue weighted by Gasteiger charge is 2.28. The predicted octanol–water partition coefficient (Wildman–Crippen LogP) is 6.77. The van der Waals surface area contributed by atoms with Crippen LogP contribution in [-0.2, 0) is 15.9 Å². The zero-order valence-corrected chi connectivity index (χ0v) is 21.3. The number of methoxy groups -OCH3 is 1. The first kappa shape index (κ1) is 24.0. The maximum Gasteiger partial charge on any atom is 0.414 e. The van der Waals surface area contributed by atoms with Gasteiger partial charge in [-0.3, -0.25) is 4.90 Å². The van der Waals surface area contributed by atoms with Gasteiger partial charge in [0, 0.05) is 17.7 Å². The molecule has 1 aliphatic carbocycles.